The van der Waals surface area contributed by atoms with Gasteiger partial charge in [0.25, 0.3) is 0 Å². The Bertz CT molecular complexity index is 793. The molecule has 0 aliphatic rings. The predicted octanol–water partition coefficient (Wildman–Crippen LogP) is 5.38. The molecule has 3 rings (SSSR count). The Hall–Kier alpha value is -1.22. The minimum absolute atomic E-state index is 0.318. The summed E-state index contributed by atoms with van der Waals surface area (Å²) in [5, 5.41) is 1.38. The highest BCUT2D eigenvalue weighted by Gasteiger charge is 2.14. The lowest BCUT2D eigenvalue weighted by atomic mass is 10.2. The van der Waals surface area contributed by atoms with E-state index in [1.54, 1.807) is 0 Å². The molecule has 0 saturated heterocycles. The van der Waals surface area contributed by atoms with Crippen molar-refractivity contribution in [3.05, 3.63) is 57.8 Å². The van der Waals surface area contributed by atoms with Gasteiger partial charge in [-0.3, -0.25) is 4.57 Å². The lowest BCUT2D eigenvalue weighted by molar-refractivity contribution is 0.972. The van der Waals surface area contributed by atoms with Gasteiger partial charge in [-0.2, -0.15) is 0 Å². The topological polar surface area (TPSA) is 17.8 Å². The van der Waals surface area contributed by atoms with Gasteiger partial charge in [0, 0.05) is 10.0 Å². The molecule has 0 fully saturated rings. The summed E-state index contributed by atoms with van der Waals surface area (Å²) in [6, 6.07) is 11.4. The maximum Gasteiger partial charge on any atom is 0.129 e. The molecule has 0 aliphatic carbocycles. The number of rotatable bonds is 2. The quantitative estimate of drug-likeness (QED) is 0.578. The molecule has 3 aromatic rings. The number of nitrogens with zero attached hydrogens (tertiary/aromatic N) is 2. The van der Waals surface area contributed by atoms with Gasteiger partial charge in [-0.1, -0.05) is 29.3 Å². The van der Waals surface area contributed by atoms with Crippen molar-refractivity contribution in [2.45, 2.75) is 12.8 Å². The Labute approximate surface area is 131 Å². The molecule has 2 nitrogen and oxygen atoms in total. The third-order valence-electron chi connectivity index (χ3n) is 3.29. The van der Waals surface area contributed by atoms with Gasteiger partial charge in [0.1, 0.15) is 5.82 Å². The lowest BCUT2D eigenvalue weighted by Crippen LogP contribution is -2.01. The van der Waals surface area contributed by atoms with Gasteiger partial charge in [-0.05, 0) is 42.8 Å². The average molecular weight is 326 g/mol. The molecule has 0 amide bonds. The minimum Gasteiger partial charge on any atom is -0.295 e. The first-order valence-electron chi connectivity index (χ1n) is 6.10. The van der Waals surface area contributed by atoms with Gasteiger partial charge >= 0.3 is 0 Å². The van der Waals surface area contributed by atoms with Crippen molar-refractivity contribution in [3.63, 3.8) is 0 Å². The van der Waals surface area contributed by atoms with Crippen LogP contribution in [0, 0.1) is 6.92 Å². The van der Waals surface area contributed by atoms with Crippen molar-refractivity contribution in [2.75, 3.05) is 0 Å². The van der Waals surface area contributed by atoms with Crippen LogP contribution < -0.4 is 0 Å². The van der Waals surface area contributed by atoms with Crippen molar-refractivity contribution in [1.82, 2.24) is 9.55 Å². The highest BCUT2D eigenvalue weighted by molar-refractivity contribution is 6.32. The van der Waals surface area contributed by atoms with E-state index in [1.165, 1.54) is 0 Å². The van der Waals surface area contributed by atoms with Crippen LogP contribution in [0.25, 0.3) is 16.7 Å². The van der Waals surface area contributed by atoms with Crippen LogP contribution in [-0.4, -0.2) is 9.55 Å². The maximum absolute atomic E-state index is 6.22. The number of hydrogen-bond donors (Lipinski definition) is 0. The van der Waals surface area contributed by atoms with Crippen molar-refractivity contribution in [2.24, 2.45) is 0 Å². The molecule has 0 aliphatic heterocycles. The number of hydrogen-bond acceptors (Lipinski definition) is 1. The zero-order chi connectivity index (χ0) is 14.3. The molecule has 0 spiro atoms. The van der Waals surface area contributed by atoms with E-state index in [2.05, 4.69) is 4.98 Å². The number of imidazole rings is 1. The second-order valence-electron chi connectivity index (χ2n) is 4.51. The Balaban J connectivity index is 2.39. The molecule has 5 heteroatoms. The summed E-state index contributed by atoms with van der Waals surface area (Å²) in [7, 11) is 0. The molecule has 2 aromatic carbocycles. The fourth-order valence-corrected chi connectivity index (χ4v) is 2.81. The SMILES string of the molecule is Cc1c(Cl)cccc1-n1c(CCl)nc2ccc(Cl)cc21. The zero-order valence-corrected chi connectivity index (χ0v) is 13.0. The first-order valence-corrected chi connectivity index (χ1v) is 7.39. The van der Waals surface area contributed by atoms with Gasteiger partial charge in [0.05, 0.1) is 22.6 Å². The van der Waals surface area contributed by atoms with Gasteiger partial charge in [-0.15, -0.1) is 11.6 Å². The Morgan fingerprint density at radius 2 is 1.95 bits per heavy atom. The van der Waals surface area contributed by atoms with E-state index in [0.717, 1.165) is 28.1 Å². The third kappa shape index (κ3) is 2.18. The van der Waals surface area contributed by atoms with Gasteiger partial charge in [0.15, 0.2) is 0 Å². The van der Waals surface area contributed by atoms with Crippen LogP contribution in [0.2, 0.25) is 10.0 Å². The molecule has 20 heavy (non-hydrogen) atoms. The molecule has 0 saturated carbocycles. The Morgan fingerprint density at radius 3 is 2.70 bits per heavy atom. The molecular weight excluding hydrogens is 315 g/mol. The highest BCUT2D eigenvalue weighted by atomic mass is 35.5. The molecule has 1 aromatic heterocycles. The summed E-state index contributed by atoms with van der Waals surface area (Å²) in [4.78, 5) is 4.55. The summed E-state index contributed by atoms with van der Waals surface area (Å²) in [5.41, 5.74) is 3.75. The van der Waals surface area contributed by atoms with Crippen molar-refractivity contribution >= 4 is 45.8 Å². The third-order valence-corrected chi connectivity index (χ3v) is 4.17. The van der Waals surface area contributed by atoms with Crippen LogP contribution in [-0.2, 0) is 5.88 Å². The number of fused-ring (bicyclic) bond motifs is 1. The van der Waals surface area contributed by atoms with Gasteiger partial charge in [0.2, 0.25) is 0 Å². The van der Waals surface area contributed by atoms with Crippen LogP contribution in [0.5, 0.6) is 0 Å². The Kier molecular flexibility index (Phi) is 3.63. The lowest BCUT2D eigenvalue weighted by Gasteiger charge is -2.12. The summed E-state index contributed by atoms with van der Waals surface area (Å²) in [6.07, 6.45) is 0. The van der Waals surface area contributed by atoms with Crippen molar-refractivity contribution in [1.29, 1.82) is 0 Å². The fraction of sp³-hybridized carbons (Fsp3) is 0.133. The maximum atomic E-state index is 6.22. The summed E-state index contributed by atoms with van der Waals surface area (Å²) in [5.74, 6) is 1.09. The number of alkyl halides is 1. The van der Waals surface area contributed by atoms with Crippen LogP contribution in [0.15, 0.2) is 36.4 Å². The molecule has 0 N–H and O–H groups in total. The largest absolute Gasteiger partial charge is 0.295 e. The molecule has 0 radical (unpaired) electrons. The smallest absolute Gasteiger partial charge is 0.129 e. The Morgan fingerprint density at radius 1 is 1.15 bits per heavy atom. The van der Waals surface area contributed by atoms with E-state index in [9.17, 15) is 0 Å². The molecule has 0 atom stereocenters. The summed E-state index contributed by atoms with van der Waals surface area (Å²) < 4.78 is 2.01. The van der Waals surface area contributed by atoms with Crippen LogP contribution in [0.3, 0.4) is 0 Å². The van der Waals surface area contributed by atoms with E-state index in [0.29, 0.717) is 15.9 Å². The van der Waals surface area contributed by atoms with Crippen molar-refractivity contribution < 1.29 is 0 Å². The van der Waals surface area contributed by atoms with Gasteiger partial charge < -0.3 is 0 Å². The minimum atomic E-state index is 0.318. The first-order chi connectivity index (χ1) is 9.61. The van der Waals surface area contributed by atoms with Crippen LogP contribution in [0.1, 0.15) is 11.4 Å². The van der Waals surface area contributed by atoms with E-state index in [-0.39, 0.29) is 0 Å². The molecular formula is C15H11Cl3N2. The van der Waals surface area contributed by atoms with Gasteiger partial charge in [-0.25, -0.2) is 4.98 Å². The average Bonchev–Trinajstić information content (AvgIpc) is 2.79. The van der Waals surface area contributed by atoms with E-state index in [4.69, 9.17) is 34.8 Å². The first kappa shape index (κ1) is 13.7. The van der Waals surface area contributed by atoms with E-state index in [1.807, 2.05) is 47.9 Å². The molecule has 102 valence electrons. The normalized spacial score (nSPS) is 11.2. The molecule has 1 heterocycles. The summed E-state index contributed by atoms with van der Waals surface area (Å²) in [6.45, 7) is 1.98. The van der Waals surface area contributed by atoms with E-state index < -0.39 is 0 Å². The van der Waals surface area contributed by atoms with Crippen LogP contribution in [0.4, 0.5) is 0 Å². The molecule has 0 bridgehead atoms. The standard InChI is InChI=1S/C15H11Cl3N2/c1-9-11(18)3-2-4-13(9)20-14-7-10(17)5-6-12(14)19-15(20)8-16/h2-7H,8H2,1H3. The monoisotopic (exact) mass is 324 g/mol. The second-order valence-corrected chi connectivity index (χ2v) is 5.62. The van der Waals surface area contributed by atoms with Crippen molar-refractivity contribution in [3.8, 4) is 5.69 Å². The van der Waals surface area contributed by atoms with Crippen LogP contribution >= 0.6 is 34.8 Å². The zero-order valence-electron chi connectivity index (χ0n) is 10.7. The second kappa shape index (κ2) is 5.28. The number of halogens is 3. The predicted molar refractivity (Wildman–Crippen MR) is 85.4 cm³/mol. The number of benzene rings is 2. The fourth-order valence-electron chi connectivity index (χ4n) is 2.30. The molecule has 0 unspecified atom stereocenters. The number of aromatic nitrogens is 2. The van der Waals surface area contributed by atoms with E-state index >= 15 is 0 Å². The summed E-state index contributed by atoms with van der Waals surface area (Å²) >= 11 is 18.4. The highest BCUT2D eigenvalue weighted by Crippen LogP contribution is 2.29.